The van der Waals surface area contributed by atoms with Gasteiger partial charge in [-0.2, -0.15) is 5.10 Å². The molecule has 1 saturated carbocycles. The van der Waals surface area contributed by atoms with Crippen molar-refractivity contribution in [2.24, 2.45) is 13.0 Å². The summed E-state index contributed by atoms with van der Waals surface area (Å²) < 4.78 is 4.58. The van der Waals surface area contributed by atoms with E-state index in [4.69, 9.17) is 23.8 Å². The first-order valence-corrected chi connectivity index (χ1v) is 7.91. The minimum atomic E-state index is 0.726. The zero-order chi connectivity index (χ0) is 15.0. The smallest absolute Gasteiger partial charge is 0.199 e. The fourth-order valence-corrected chi connectivity index (χ4v) is 2.77. The summed E-state index contributed by atoms with van der Waals surface area (Å²) in [5.74, 6) is 1.74. The van der Waals surface area contributed by atoms with Crippen molar-refractivity contribution >= 4 is 23.8 Å². The van der Waals surface area contributed by atoms with Gasteiger partial charge in [0.25, 0.3) is 0 Å². The molecule has 1 aliphatic rings. The van der Waals surface area contributed by atoms with Gasteiger partial charge in [0.05, 0.1) is 6.67 Å². The topological polar surface area (TPSA) is 26.0 Å². The van der Waals surface area contributed by atoms with Crippen LogP contribution in [0.2, 0.25) is 5.02 Å². The molecular weight excluding hydrogens is 304 g/mol. The van der Waals surface area contributed by atoms with E-state index in [1.54, 1.807) is 0 Å². The quantitative estimate of drug-likeness (QED) is 0.787. The predicted octanol–water partition coefficient (Wildman–Crippen LogP) is 3.57. The van der Waals surface area contributed by atoms with Crippen molar-refractivity contribution in [1.82, 2.24) is 19.2 Å². The number of halogens is 1. The van der Waals surface area contributed by atoms with Crippen LogP contribution in [0.3, 0.4) is 0 Å². The third-order valence-electron chi connectivity index (χ3n) is 3.79. The zero-order valence-corrected chi connectivity index (χ0v) is 13.9. The molecule has 0 spiro atoms. The van der Waals surface area contributed by atoms with E-state index in [0.29, 0.717) is 0 Å². The molecule has 0 unspecified atom stereocenters. The van der Waals surface area contributed by atoms with Crippen molar-refractivity contribution < 1.29 is 0 Å². The minimum absolute atomic E-state index is 0.726. The SMILES string of the molecule is CN(CC1CC1)Cn1nc(-c2ccc(Cl)cc2)n(C)c1=S. The number of rotatable bonds is 5. The third-order valence-corrected chi connectivity index (χ3v) is 4.52. The van der Waals surface area contributed by atoms with Crippen LogP contribution in [0.25, 0.3) is 11.4 Å². The average Bonchev–Trinajstić information content (AvgIpc) is 3.22. The average molecular weight is 323 g/mol. The molecule has 0 N–H and O–H groups in total. The molecule has 0 amide bonds. The maximum atomic E-state index is 5.94. The summed E-state index contributed by atoms with van der Waals surface area (Å²) in [5.41, 5.74) is 1.02. The predicted molar refractivity (Wildman–Crippen MR) is 87.8 cm³/mol. The van der Waals surface area contributed by atoms with Crippen molar-refractivity contribution in [2.75, 3.05) is 13.6 Å². The minimum Gasteiger partial charge on any atom is -0.303 e. The highest BCUT2D eigenvalue weighted by molar-refractivity contribution is 7.71. The van der Waals surface area contributed by atoms with E-state index >= 15 is 0 Å². The molecule has 21 heavy (non-hydrogen) atoms. The number of nitrogens with zero attached hydrogens (tertiary/aromatic N) is 4. The molecule has 4 nitrogen and oxygen atoms in total. The fraction of sp³-hybridized carbons (Fsp3) is 0.467. The molecule has 6 heteroatoms. The third kappa shape index (κ3) is 3.36. The molecule has 3 rings (SSSR count). The van der Waals surface area contributed by atoms with Crippen LogP contribution < -0.4 is 0 Å². The van der Waals surface area contributed by atoms with Gasteiger partial charge in [0.15, 0.2) is 10.6 Å². The van der Waals surface area contributed by atoms with Crippen LogP contribution in [0.15, 0.2) is 24.3 Å². The van der Waals surface area contributed by atoms with Crippen LogP contribution in [0, 0.1) is 10.7 Å². The van der Waals surface area contributed by atoms with E-state index in [1.165, 1.54) is 12.8 Å². The summed E-state index contributed by atoms with van der Waals surface area (Å²) >= 11 is 11.4. The van der Waals surface area contributed by atoms with Gasteiger partial charge < -0.3 is 4.57 Å². The Bertz CT molecular complexity index is 685. The Balaban J connectivity index is 1.84. The van der Waals surface area contributed by atoms with Gasteiger partial charge in [-0.15, -0.1) is 0 Å². The number of benzene rings is 1. The Hall–Kier alpha value is -1.17. The first-order valence-electron chi connectivity index (χ1n) is 7.13. The maximum absolute atomic E-state index is 5.94. The van der Waals surface area contributed by atoms with Crippen molar-refractivity contribution in [1.29, 1.82) is 0 Å². The lowest BCUT2D eigenvalue weighted by molar-refractivity contribution is 0.242. The van der Waals surface area contributed by atoms with E-state index in [2.05, 4.69) is 17.0 Å². The van der Waals surface area contributed by atoms with Crippen LogP contribution >= 0.6 is 23.8 Å². The standard InChI is InChI=1S/C15H19ClN4S/c1-18(9-11-3-4-11)10-20-15(21)19(2)14(17-20)12-5-7-13(16)8-6-12/h5-8,11H,3-4,9-10H2,1-2H3. The molecule has 0 aliphatic heterocycles. The van der Waals surface area contributed by atoms with E-state index in [1.807, 2.05) is 40.6 Å². The van der Waals surface area contributed by atoms with Gasteiger partial charge in [-0.05, 0) is 62.3 Å². The van der Waals surface area contributed by atoms with Gasteiger partial charge in [-0.3, -0.25) is 4.90 Å². The second-order valence-electron chi connectivity index (χ2n) is 5.80. The summed E-state index contributed by atoms with van der Waals surface area (Å²) in [6.45, 7) is 1.85. The number of hydrogen-bond acceptors (Lipinski definition) is 3. The van der Waals surface area contributed by atoms with Crippen LogP contribution in [-0.2, 0) is 13.7 Å². The molecule has 1 aromatic heterocycles. The van der Waals surface area contributed by atoms with Crippen molar-refractivity contribution in [3.63, 3.8) is 0 Å². The fourth-order valence-electron chi connectivity index (χ4n) is 2.46. The van der Waals surface area contributed by atoms with Gasteiger partial charge in [0, 0.05) is 24.2 Å². The summed E-state index contributed by atoms with van der Waals surface area (Å²) in [5, 5.41) is 5.39. The molecule has 1 aromatic carbocycles. The van der Waals surface area contributed by atoms with Crippen molar-refractivity contribution in [3.05, 3.63) is 34.1 Å². The molecule has 1 aliphatic carbocycles. The molecule has 2 aromatic rings. The molecule has 0 bridgehead atoms. The van der Waals surface area contributed by atoms with Gasteiger partial charge in [0.2, 0.25) is 0 Å². The van der Waals surface area contributed by atoms with E-state index in [0.717, 1.165) is 40.3 Å². The monoisotopic (exact) mass is 322 g/mol. The Morgan fingerprint density at radius 3 is 2.62 bits per heavy atom. The first-order chi connectivity index (χ1) is 10.0. The molecule has 1 heterocycles. The Kier molecular flexibility index (Phi) is 4.15. The highest BCUT2D eigenvalue weighted by Crippen LogP contribution is 2.29. The van der Waals surface area contributed by atoms with Gasteiger partial charge in [0.1, 0.15) is 0 Å². The summed E-state index contributed by atoms with van der Waals surface area (Å²) in [6.07, 6.45) is 2.71. The molecule has 1 fully saturated rings. The number of hydrogen-bond donors (Lipinski definition) is 0. The maximum Gasteiger partial charge on any atom is 0.199 e. The van der Waals surface area contributed by atoms with Crippen molar-refractivity contribution in [2.45, 2.75) is 19.5 Å². The van der Waals surface area contributed by atoms with Crippen LogP contribution in [-0.4, -0.2) is 32.8 Å². The van der Waals surface area contributed by atoms with Crippen LogP contribution in [0.5, 0.6) is 0 Å². The lowest BCUT2D eigenvalue weighted by Gasteiger charge is -2.15. The largest absolute Gasteiger partial charge is 0.303 e. The molecule has 0 radical (unpaired) electrons. The molecule has 0 atom stereocenters. The molecule has 112 valence electrons. The Morgan fingerprint density at radius 2 is 2.00 bits per heavy atom. The van der Waals surface area contributed by atoms with Crippen LogP contribution in [0.4, 0.5) is 0 Å². The molecular formula is C15H19ClN4S. The second-order valence-corrected chi connectivity index (χ2v) is 6.60. The van der Waals surface area contributed by atoms with Gasteiger partial charge in [-0.25, -0.2) is 4.68 Å². The van der Waals surface area contributed by atoms with Gasteiger partial charge >= 0.3 is 0 Å². The highest BCUT2D eigenvalue weighted by Gasteiger charge is 2.23. The summed E-state index contributed by atoms with van der Waals surface area (Å²) in [6, 6.07) is 7.69. The van der Waals surface area contributed by atoms with Gasteiger partial charge in [-0.1, -0.05) is 11.6 Å². The number of aromatic nitrogens is 3. The van der Waals surface area contributed by atoms with E-state index in [9.17, 15) is 0 Å². The Labute approximate surface area is 134 Å². The highest BCUT2D eigenvalue weighted by atomic mass is 35.5. The Morgan fingerprint density at radius 1 is 1.33 bits per heavy atom. The van der Waals surface area contributed by atoms with E-state index < -0.39 is 0 Å². The lowest BCUT2D eigenvalue weighted by Crippen LogP contribution is -2.25. The van der Waals surface area contributed by atoms with E-state index in [-0.39, 0.29) is 0 Å². The summed E-state index contributed by atoms with van der Waals surface area (Å²) in [7, 11) is 4.08. The zero-order valence-electron chi connectivity index (χ0n) is 12.3. The lowest BCUT2D eigenvalue weighted by atomic mass is 10.2. The normalized spacial score (nSPS) is 14.9. The first kappa shape index (κ1) is 14.8. The summed E-state index contributed by atoms with van der Waals surface area (Å²) in [4.78, 5) is 2.28. The second kappa shape index (κ2) is 5.91. The van der Waals surface area contributed by atoms with Crippen LogP contribution in [0.1, 0.15) is 12.8 Å². The van der Waals surface area contributed by atoms with Crippen molar-refractivity contribution in [3.8, 4) is 11.4 Å². The molecule has 0 saturated heterocycles.